The topological polar surface area (TPSA) is 38.3 Å². The van der Waals surface area contributed by atoms with Crippen LogP contribution in [0.15, 0.2) is 36.4 Å². The van der Waals surface area contributed by atoms with E-state index in [0.717, 1.165) is 16.8 Å². The molecule has 2 aromatic rings. The minimum atomic E-state index is -0.241. The fourth-order valence-corrected chi connectivity index (χ4v) is 2.26. The van der Waals surface area contributed by atoms with Crippen molar-refractivity contribution in [2.24, 2.45) is 0 Å². The lowest BCUT2D eigenvalue weighted by Crippen LogP contribution is -2.20. The molecule has 0 saturated carbocycles. The van der Waals surface area contributed by atoms with Gasteiger partial charge >= 0.3 is 0 Å². The van der Waals surface area contributed by atoms with Crippen LogP contribution in [0.3, 0.4) is 0 Å². The van der Waals surface area contributed by atoms with E-state index in [2.05, 4.69) is 5.32 Å². The summed E-state index contributed by atoms with van der Waals surface area (Å²) in [5.74, 6) is 0.187. The van der Waals surface area contributed by atoms with Crippen molar-refractivity contribution in [3.05, 3.63) is 57.6 Å². The van der Waals surface area contributed by atoms with Crippen molar-refractivity contribution in [3.63, 3.8) is 0 Å². The van der Waals surface area contributed by atoms with E-state index in [9.17, 15) is 4.79 Å². The standard InChI is InChI=1S/C16H15Cl2NO2/c1-10-3-4-11(2)14(7-10)19-16(20)9-21-15-6-5-12(17)8-13(15)18/h3-8H,9H2,1-2H3,(H,19,20). The molecule has 0 atom stereocenters. The average molecular weight is 324 g/mol. The number of benzene rings is 2. The van der Waals surface area contributed by atoms with E-state index in [1.54, 1.807) is 18.2 Å². The number of ether oxygens (including phenoxy) is 1. The minimum Gasteiger partial charge on any atom is -0.482 e. The molecule has 0 fully saturated rings. The second-order valence-corrected chi connectivity index (χ2v) is 5.57. The first-order chi connectivity index (χ1) is 9.95. The number of anilines is 1. The number of nitrogens with one attached hydrogen (secondary N) is 1. The van der Waals surface area contributed by atoms with Crippen LogP contribution in [0.2, 0.25) is 10.0 Å². The van der Waals surface area contributed by atoms with Crippen LogP contribution < -0.4 is 10.1 Å². The van der Waals surface area contributed by atoms with Crippen molar-refractivity contribution in [1.29, 1.82) is 0 Å². The summed E-state index contributed by atoms with van der Waals surface area (Å²) >= 11 is 11.8. The zero-order valence-corrected chi connectivity index (χ0v) is 13.3. The first kappa shape index (κ1) is 15.7. The Morgan fingerprint density at radius 3 is 2.62 bits per heavy atom. The molecule has 1 amide bonds. The van der Waals surface area contributed by atoms with E-state index in [1.807, 2.05) is 32.0 Å². The van der Waals surface area contributed by atoms with Crippen molar-refractivity contribution in [2.45, 2.75) is 13.8 Å². The lowest BCUT2D eigenvalue weighted by Gasteiger charge is -2.11. The maximum Gasteiger partial charge on any atom is 0.262 e. The average Bonchev–Trinajstić information content (AvgIpc) is 2.42. The molecule has 0 spiro atoms. The predicted molar refractivity (Wildman–Crippen MR) is 86.5 cm³/mol. The van der Waals surface area contributed by atoms with Crippen LogP contribution in [0.5, 0.6) is 5.75 Å². The highest BCUT2D eigenvalue weighted by Gasteiger charge is 2.08. The van der Waals surface area contributed by atoms with Gasteiger partial charge in [0.2, 0.25) is 0 Å². The highest BCUT2D eigenvalue weighted by molar-refractivity contribution is 6.35. The van der Waals surface area contributed by atoms with E-state index >= 15 is 0 Å². The third-order valence-corrected chi connectivity index (χ3v) is 3.45. The highest BCUT2D eigenvalue weighted by Crippen LogP contribution is 2.27. The van der Waals surface area contributed by atoms with Gasteiger partial charge in [-0.1, -0.05) is 35.3 Å². The molecule has 110 valence electrons. The van der Waals surface area contributed by atoms with Gasteiger partial charge in [0.25, 0.3) is 5.91 Å². The molecule has 5 heteroatoms. The molecule has 0 bridgehead atoms. The molecule has 0 aliphatic heterocycles. The molecule has 3 nitrogen and oxygen atoms in total. The summed E-state index contributed by atoms with van der Waals surface area (Å²) in [6.45, 7) is 3.79. The SMILES string of the molecule is Cc1ccc(C)c(NC(=O)COc2ccc(Cl)cc2Cl)c1. The Labute approximate surface area is 133 Å². The van der Waals surface area contributed by atoms with E-state index < -0.39 is 0 Å². The first-order valence-corrected chi connectivity index (χ1v) is 7.16. The number of carbonyl (C=O) groups is 1. The van der Waals surface area contributed by atoms with Crippen molar-refractivity contribution >= 4 is 34.8 Å². The smallest absolute Gasteiger partial charge is 0.262 e. The fourth-order valence-electron chi connectivity index (χ4n) is 1.79. The third kappa shape index (κ3) is 4.38. The van der Waals surface area contributed by atoms with Gasteiger partial charge in [-0.15, -0.1) is 0 Å². The molecule has 0 unspecified atom stereocenters. The third-order valence-electron chi connectivity index (χ3n) is 2.92. The number of halogens is 2. The largest absolute Gasteiger partial charge is 0.482 e. The summed E-state index contributed by atoms with van der Waals surface area (Å²) in [5.41, 5.74) is 2.86. The van der Waals surface area contributed by atoms with Crippen LogP contribution in [-0.4, -0.2) is 12.5 Å². The summed E-state index contributed by atoms with van der Waals surface area (Å²) in [6.07, 6.45) is 0. The summed E-state index contributed by atoms with van der Waals surface area (Å²) in [5, 5.41) is 3.72. The number of carbonyl (C=O) groups excluding carboxylic acids is 1. The van der Waals surface area contributed by atoms with Crippen LogP contribution in [-0.2, 0) is 4.79 Å². The molecule has 2 aromatic carbocycles. The van der Waals surface area contributed by atoms with E-state index in [4.69, 9.17) is 27.9 Å². The van der Waals surface area contributed by atoms with Crippen molar-refractivity contribution in [1.82, 2.24) is 0 Å². The van der Waals surface area contributed by atoms with Crippen LogP contribution in [0.1, 0.15) is 11.1 Å². The summed E-state index contributed by atoms with van der Waals surface area (Å²) in [4.78, 5) is 11.9. The maximum atomic E-state index is 11.9. The van der Waals surface area contributed by atoms with Gasteiger partial charge in [-0.25, -0.2) is 0 Å². The molecule has 0 radical (unpaired) electrons. The van der Waals surface area contributed by atoms with Crippen LogP contribution in [0.4, 0.5) is 5.69 Å². The summed E-state index contributed by atoms with van der Waals surface area (Å²) in [6, 6.07) is 10.7. The van der Waals surface area contributed by atoms with Crippen LogP contribution in [0.25, 0.3) is 0 Å². The number of rotatable bonds is 4. The minimum absolute atomic E-state index is 0.116. The van der Waals surface area contributed by atoms with Gasteiger partial charge < -0.3 is 10.1 Å². The lowest BCUT2D eigenvalue weighted by molar-refractivity contribution is -0.118. The number of hydrogen-bond acceptors (Lipinski definition) is 2. The quantitative estimate of drug-likeness (QED) is 0.890. The van der Waals surface area contributed by atoms with Gasteiger partial charge in [0.05, 0.1) is 5.02 Å². The van der Waals surface area contributed by atoms with Crippen LogP contribution in [0, 0.1) is 13.8 Å². The zero-order chi connectivity index (χ0) is 15.4. The second-order valence-electron chi connectivity index (χ2n) is 4.73. The molecule has 1 N–H and O–H groups in total. The Morgan fingerprint density at radius 1 is 1.14 bits per heavy atom. The van der Waals surface area contributed by atoms with Gasteiger partial charge in [-0.05, 0) is 49.2 Å². The molecule has 0 aromatic heterocycles. The van der Waals surface area contributed by atoms with Crippen LogP contribution >= 0.6 is 23.2 Å². The monoisotopic (exact) mass is 323 g/mol. The van der Waals surface area contributed by atoms with Gasteiger partial charge in [0.1, 0.15) is 5.75 Å². The Hall–Kier alpha value is -1.71. The van der Waals surface area contributed by atoms with E-state index in [0.29, 0.717) is 15.8 Å². The molecule has 2 rings (SSSR count). The highest BCUT2D eigenvalue weighted by atomic mass is 35.5. The maximum absolute atomic E-state index is 11.9. The Balaban J connectivity index is 1.97. The van der Waals surface area contributed by atoms with Crippen molar-refractivity contribution in [3.8, 4) is 5.75 Å². The zero-order valence-electron chi connectivity index (χ0n) is 11.7. The first-order valence-electron chi connectivity index (χ1n) is 6.40. The molecule has 0 aliphatic rings. The van der Waals surface area contributed by atoms with Gasteiger partial charge in [-0.3, -0.25) is 4.79 Å². The van der Waals surface area contributed by atoms with E-state index in [-0.39, 0.29) is 12.5 Å². The fraction of sp³-hybridized carbons (Fsp3) is 0.188. The lowest BCUT2D eigenvalue weighted by atomic mass is 10.1. The Morgan fingerprint density at radius 2 is 1.90 bits per heavy atom. The summed E-state index contributed by atoms with van der Waals surface area (Å²) in [7, 11) is 0. The normalized spacial score (nSPS) is 10.3. The van der Waals surface area contributed by atoms with Crippen molar-refractivity contribution in [2.75, 3.05) is 11.9 Å². The van der Waals surface area contributed by atoms with E-state index in [1.165, 1.54) is 0 Å². The number of amides is 1. The predicted octanol–water partition coefficient (Wildman–Crippen LogP) is 4.63. The number of hydrogen-bond donors (Lipinski definition) is 1. The Kier molecular flexibility index (Phi) is 5.10. The van der Waals surface area contributed by atoms with Gasteiger partial charge in [-0.2, -0.15) is 0 Å². The van der Waals surface area contributed by atoms with Gasteiger partial charge in [0, 0.05) is 10.7 Å². The molecule has 21 heavy (non-hydrogen) atoms. The van der Waals surface area contributed by atoms with Crippen molar-refractivity contribution < 1.29 is 9.53 Å². The molecular weight excluding hydrogens is 309 g/mol. The molecule has 0 saturated heterocycles. The Bertz CT molecular complexity index is 671. The molecular formula is C16H15Cl2NO2. The number of aryl methyl sites for hydroxylation is 2. The summed E-state index contributed by atoms with van der Waals surface area (Å²) < 4.78 is 5.39. The molecule has 0 heterocycles. The van der Waals surface area contributed by atoms with Gasteiger partial charge in [0.15, 0.2) is 6.61 Å². The molecule has 0 aliphatic carbocycles. The second kappa shape index (κ2) is 6.83.